The van der Waals surface area contributed by atoms with Gasteiger partial charge in [0, 0.05) is 19.0 Å². The lowest BCUT2D eigenvalue weighted by atomic mass is 9.70. The topological polar surface area (TPSA) is 80.0 Å². The van der Waals surface area contributed by atoms with Crippen molar-refractivity contribution in [2.45, 2.75) is 53.5 Å². The van der Waals surface area contributed by atoms with Crippen LogP contribution in [0.3, 0.4) is 0 Å². The van der Waals surface area contributed by atoms with Gasteiger partial charge in [0.05, 0.1) is 5.56 Å². The molecule has 0 spiro atoms. The van der Waals surface area contributed by atoms with Crippen LogP contribution in [0.15, 0.2) is 40.3 Å². The van der Waals surface area contributed by atoms with Crippen LogP contribution in [-0.2, 0) is 6.42 Å². The molecule has 7 heteroatoms. The quantitative estimate of drug-likeness (QED) is 0.610. The summed E-state index contributed by atoms with van der Waals surface area (Å²) in [5.74, 6) is 1.83. The second kappa shape index (κ2) is 10.1. The number of carbonyl (C=O) groups excluding carboxylic acids is 1. The number of halogens is 1. The Morgan fingerprint density at radius 2 is 1.97 bits per heavy atom. The Balaban J connectivity index is 1.69. The monoisotopic (exact) mass is 428 g/mol. The van der Waals surface area contributed by atoms with Crippen LogP contribution in [0.25, 0.3) is 11.5 Å². The fourth-order valence-electron chi connectivity index (χ4n) is 4.32. The lowest BCUT2D eigenvalue weighted by Crippen LogP contribution is -2.43. The minimum Gasteiger partial charge on any atom is -0.421 e. The van der Waals surface area contributed by atoms with E-state index in [2.05, 4.69) is 47.7 Å². The second-order valence-electron chi connectivity index (χ2n) is 9.11. The van der Waals surface area contributed by atoms with E-state index in [1.54, 1.807) is 18.2 Å². The van der Waals surface area contributed by atoms with Crippen molar-refractivity contribution in [3.8, 4) is 11.5 Å². The Morgan fingerprint density at radius 1 is 1.23 bits per heavy atom. The molecule has 6 nitrogen and oxygen atoms in total. The van der Waals surface area contributed by atoms with E-state index in [1.807, 2.05) is 13.8 Å². The molecule has 2 aromatic rings. The summed E-state index contributed by atoms with van der Waals surface area (Å²) in [4.78, 5) is 12.0. The molecule has 31 heavy (non-hydrogen) atoms. The van der Waals surface area contributed by atoms with E-state index in [1.165, 1.54) is 11.6 Å². The summed E-state index contributed by atoms with van der Waals surface area (Å²) < 4.78 is 19.8. The molecule has 2 amide bonds. The third-order valence-corrected chi connectivity index (χ3v) is 5.99. The highest BCUT2D eigenvalue weighted by Gasteiger charge is 2.32. The van der Waals surface area contributed by atoms with Crippen molar-refractivity contribution < 1.29 is 13.6 Å². The number of amides is 2. The van der Waals surface area contributed by atoms with Crippen LogP contribution in [-0.4, -0.2) is 28.8 Å². The van der Waals surface area contributed by atoms with Crippen LogP contribution >= 0.6 is 0 Å². The number of hydrogen-bond donors (Lipinski definition) is 2. The van der Waals surface area contributed by atoms with Gasteiger partial charge in [0.25, 0.3) is 5.89 Å². The molecule has 1 aromatic carbocycles. The summed E-state index contributed by atoms with van der Waals surface area (Å²) in [6.07, 6.45) is 3.89. The number of hydrogen-bond acceptors (Lipinski definition) is 4. The van der Waals surface area contributed by atoms with Gasteiger partial charge in [-0.3, -0.25) is 0 Å². The molecule has 3 rings (SSSR count). The number of aromatic nitrogens is 2. The number of urea groups is 1. The van der Waals surface area contributed by atoms with Gasteiger partial charge in [-0.05, 0) is 63.0 Å². The fraction of sp³-hybridized carbons (Fsp3) is 0.542. The van der Waals surface area contributed by atoms with Gasteiger partial charge in [-0.2, -0.15) is 0 Å². The summed E-state index contributed by atoms with van der Waals surface area (Å²) in [5.41, 5.74) is 1.58. The third kappa shape index (κ3) is 5.93. The van der Waals surface area contributed by atoms with Crippen molar-refractivity contribution in [3.63, 3.8) is 0 Å². The SMILES string of the molecule is CC1=CC(CNC(=O)NC(C)C)C(C(C)C)CC1Cc1nnc(-c2ccccc2F)o1. The highest BCUT2D eigenvalue weighted by Crippen LogP contribution is 2.38. The van der Waals surface area contributed by atoms with E-state index in [9.17, 15) is 9.18 Å². The molecule has 0 fully saturated rings. The molecule has 0 aliphatic heterocycles. The molecule has 2 N–H and O–H groups in total. The highest BCUT2D eigenvalue weighted by molar-refractivity contribution is 5.74. The smallest absolute Gasteiger partial charge is 0.315 e. The number of nitrogens with zero attached hydrogens (tertiary/aromatic N) is 2. The number of carbonyl (C=O) groups is 1. The van der Waals surface area contributed by atoms with E-state index < -0.39 is 0 Å². The summed E-state index contributed by atoms with van der Waals surface area (Å²) in [6.45, 7) is 11.1. The van der Waals surface area contributed by atoms with Crippen LogP contribution < -0.4 is 10.6 Å². The zero-order valence-corrected chi connectivity index (χ0v) is 19.0. The summed E-state index contributed by atoms with van der Waals surface area (Å²) >= 11 is 0. The van der Waals surface area contributed by atoms with E-state index in [0.717, 1.165) is 6.42 Å². The lowest BCUT2D eigenvalue weighted by molar-refractivity contribution is 0.210. The zero-order chi connectivity index (χ0) is 22.5. The first kappa shape index (κ1) is 23.0. The number of rotatable bonds is 7. The Labute approximate surface area is 183 Å². The second-order valence-corrected chi connectivity index (χ2v) is 9.11. The number of benzene rings is 1. The summed E-state index contributed by atoms with van der Waals surface area (Å²) in [7, 11) is 0. The van der Waals surface area contributed by atoms with E-state index >= 15 is 0 Å². The first-order valence-corrected chi connectivity index (χ1v) is 11.0. The molecule has 1 aliphatic rings. The molecule has 3 atom stereocenters. The Hall–Kier alpha value is -2.70. The Morgan fingerprint density at radius 3 is 2.65 bits per heavy atom. The van der Waals surface area contributed by atoms with Crippen molar-refractivity contribution in [2.75, 3.05) is 6.54 Å². The van der Waals surface area contributed by atoms with Crippen molar-refractivity contribution in [1.82, 2.24) is 20.8 Å². The molecular weight excluding hydrogens is 395 g/mol. The van der Waals surface area contributed by atoms with E-state index in [0.29, 0.717) is 36.3 Å². The fourth-order valence-corrected chi connectivity index (χ4v) is 4.32. The number of nitrogens with one attached hydrogen (secondary N) is 2. The first-order chi connectivity index (χ1) is 14.7. The normalized spacial score (nSPS) is 21.3. The predicted molar refractivity (Wildman–Crippen MR) is 119 cm³/mol. The van der Waals surface area contributed by atoms with Crippen LogP contribution in [0, 0.1) is 29.5 Å². The van der Waals surface area contributed by atoms with Gasteiger partial charge in [-0.1, -0.05) is 37.6 Å². The molecule has 0 bridgehead atoms. The Kier molecular flexibility index (Phi) is 7.46. The maximum atomic E-state index is 14.0. The van der Waals surface area contributed by atoms with Gasteiger partial charge in [0.2, 0.25) is 5.89 Å². The van der Waals surface area contributed by atoms with Crippen LogP contribution in [0.4, 0.5) is 9.18 Å². The van der Waals surface area contributed by atoms with Gasteiger partial charge in [0.1, 0.15) is 5.82 Å². The molecule has 168 valence electrons. The van der Waals surface area contributed by atoms with Crippen molar-refractivity contribution in [3.05, 3.63) is 47.6 Å². The molecule has 0 saturated heterocycles. The van der Waals surface area contributed by atoms with Gasteiger partial charge in [-0.25, -0.2) is 9.18 Å². The van der Waals surface area contributed by atoms with E-state index in [-0.39, 0.29) is 35.6 Å². The van der Waals surface area contributed by atoms with Gasteiger partial charge >= 0.3 is 6.03 Å². The molecule has 0 radical (unpaired) electrons. The highest BCUT2D eigenvalue weighted by atomic mass is 19.1. The molecule has 3 unspecified atom stereocenters. The van der Waals surface area contributed by atoms with Gasteiger partial charge in [-0.15, -0.1) is 10.2 Å². The molecule has 0 saturated carbocycles. The minimum absolute atomic E-state index is 0.109. The maximum absolute atomic E-state index is 14.0. The van der Waals surface area contributed by atoms with Crippen molar-refractivity contribution >= 4 is 6.03 Å². The lowest BCUT2D eigenvalue weighted by Gasteiger charge is -2.37. The summed E-state index contributed by atoms with van der Waals surface area (Å²) in [5, 5.41) is 14.1. The van der Waals surface area contributed by atoms with Gasteiger partial charge < -0.3 is 15.1 Å². The zero-order valence-electron chi connectivity index (χ0n) is 19.0. The average molecular weight is 429 g/mol. The average Bonchev–Trinajstić information content (AvgIpc) is 3.16. The first-order valence-electron chi connectivity index (χ1n) is 11.0. The van der Waals surface area contributed by atoms with Crippen LogP contribution in [0.2, 0.25) is 0 Å². The maximum Gasteiger partial charge on any atom is 0.315 e. The predicted octanol–water partition coefficient (Wildman–Crippen LogP) is 4.98. The van der Waals surface area contributed by atoms with Crippen molar-refractivity contribution in [1.29, 1.82) is 0 Å². The standard InChI is InChI=1S/C24H33FN4O2/c1-14(2)20-11-17(16(5)10-18(20)13-26-24(30)27-15(3)4)12-22-28-29-23(31-22)19-8-6-7-9-21(19)25/h6-10,14-15,17-18,20H,11-13H2,1-5H3,(H2,26,27,30). The molecule has 1 aromatic heterocycles. The molecule has 1 aliphatic carbocycles. The number of allylic oxidation sites excluding steroid dienone is 1. The molecular formula is C24H33FN4O2. The molecule has 1 heterocycles. The Bertz CT molecular complexity index is 922. The van der Waals surface area contributed by atoms with Crippen molar-refractivity contribution in [2.24, 2.45) is 23.7 Å². The minimum atomic E-state index is -0.372. The summed E-state index contributed by atoms with van der Waals surface area (Å²) in [6, 6.07) is 6.39. The third-order valence-electron chi connectivity index (χ3n) is 5.99. The van der Waals surface area contributed by atoms with Crippen LogP contribution in [0.5, 0.6) is 0 Å². The van der Waals surface area contributed by atoms with E-state index in [4.69, 9.17) is 4.42 Å². The van der Waals surface area contributed by atoms with Crippen LogP contribution in [0.1, 0.15) is 46.9 Å². The van der Waals surface area contributed by atoms with Gasteiger partial charge in [0.15, 0.2) is 0 Å². The largest absolute Gasteiger partial charge is 0.421 e.